The highest BCUT2D eigenvalue weighted by molar-refractivity contribution is 5.81. The summed E-state index contributed by atoms with van der Waals surface area (Å²) < 4.78 is 0. The maximum absolute atomic E-state index is 12.6. The highest BCUT2D eigenvalue weighted by Gasteiger charge is 2.32. The number of anilines is 1. The Morgan fingerprint density at radius 2 is 1.75 bits per heavy atom. The molecule has 2 aliphatic rings. The van der Waals surface area contributed by atoms with Crippen molar-refractivity contribution < 1.29 is 9.59 Å². The van der Waals surface area contributed by atoms with Gasteiger partial charge in [0.05, 0.1) is 6.04 Å². The van der Waals surface area contributed by atoms with Gasteiger partial charge in [-0.3, -0.25) is 9.78 Å². The van der Waals surface area contributed by atoms with Crippen LogP contribution in [0.5, 0.6) is 0 Å². The molecule has 0 spiro atoms. The number of likely N-dealkylation sites (tertiary alicyclic amines) is 1. The summed E-state index contributed by atoms with van der Waals surface area (Å²) in [4.78, 5) is 34.9. The fourth-order valence-electron chi connectivity index (χ4n) is 3.81. The Labute approximate surface area is 164 Å². The number of nitrogens with one attached hydrogen (secondary N) is 1. The number of carbonyl (C=O) groups is 2. The van der Waals surface area contributed by atoms with Gasteiger partial charge in [-0.15, -0.1) is 0 Å². The zero-order chi connectivity index (χ0) is 19.3. The third-order valence-electron chi connectivity index (χ3n) is 5.35. The Hall–Kier alpha value is -3.09. The second-order valence-corrected chi connectivity index (χ2v) is 7.29. The third kappa shape index (κ3) is 4.24. The minimum atomic E-state index is -0.123. The summed E-state index contributed by atoms with van der Waals surface area (Å²) in [5.41, 5.74) is 2.24. The monoisotopic (exact) mass is 379 g/mol. The smallest absolute Gasteiger partial charge is 0.317 e. The minimum absolute atomic E-state index is 0.0752. The summed E-state index contributed by atoms with van der Waals surface area (Å²) in [5, 5.41) is 3.05. The Morgan fingerprint density at radius 1 is 1.04 bits per heavy atom. The van der Waals surface area contributed by atoms with Crippen molar-refractivity contribution in [3.05, 3.63) is 60.4 Å². The fraction of sp³-hybridized carbons (Fsp3) is 0.381. The van der Waals surface area contributed by atoms with Crippen LogP contribution in [0.4, 0.5) is 10.5 Å². The Bertz CT molecular complexity index is 806. The lowest BCUT2D eigenvalue weighted by Crippen LogP contribution is -2.53. The molecule has 0 bridgehead atoms. The molecule has 3 heterocycles. The van der Waals surface area contributed by atoms with Crippen molar-refractivity contribution in [1.29, 1.82) is 0 Å². The quantitative estimate of drug-likeness (QED) is 0.878. The van der Waals surface area contributed by atoms with Crippen LogP contribution in [0.2, 0.25) is 0 Å². The number of pyridine rings is 1. The fourth-order valence-corrected chi connectivity index (χ4v) is 3.81. The van der Waals surface area contributed by atoms with E-state index in [2.05, 4.69) is 15.2 Å². The molecule has 3 amide bonds. The molecule has 2 fully saturated rings. The molecule has 0 saturated carbocycles. The van der Waals surface area contributed by atoms with Gasteiger partial charge in [0.25, 0.3) is 0 Å². The third-order valence-corrected chi connectivity index (χ3v) is 5.35. The Kier molecular flexibility index (Phi) is 5.41. The Morgan fingerprint density at radius 3 is 2.46 bits per heavy atom. The molecule has 1 aromatic carbocycles. The highest BCUT2D eigenvalue weighted by atomic mass is 16.2. The molecule has 4 rings (SSSR count). The van der Waals surface area contributed by atoms with Crippen LogP contribution in [-0.2, 0) is 11.3 Å². The molecular formula is C21H25N5O2. The van der Waals surface area contributed by atoms with Gasteiger partial charge in [0.2, 0.25) is 5.91 Å². The van der Waals surface area contributed by atoms with Crippen LogP contribution in [0.25, 0.3) is 0 Å². The number of carbonyl (C=O) groups excluding carboxylic acids is 2. The Balaban J connectivity index is 1.26. The van der Waals surface area contributed by atoms with E-state index in [9.17, 15) is 9.59 Å². The normalized spacial score (nSPS) is 19.8. The zero-order valence-electron chi connectivity index (χ0n) is 15.8. The van der Waals surface area contributed by atoms with Gasteiger partial charge in [-0.25, -0.2) is 4.79 Å². The zero-order valence-corrected chi connectivity index (χ0v) is 15.8. The number of aromatic nitrogens is 1. The maximum atomic E-state index is 12.6. The van der Waals surface area contributed by atoms with Crippen LogP contribution < -0.4 is 10.2 Å². The average molecular weight is 379 g/mol. The maximum Gasteiger partial charge on any atom is 0.317 e. The standard InChI is InChI=1S/C21H25N5O2/c27-20-14-18(16-26(20)15-17-4-2-1-3-5-17)23-21(28)25-12-10-24(11-13-25)19-6-8-22-9-7-19/h1-9,18H,10-16H2,(H,23,28)/t18-/m0/s1. The van der Waals surface area contributed by atoms with Crippen molar-refractivity contribution >= 4 is 17.6 Å². The van der Waals surface area contributed by atoms with Crippen molar-refractivity contribution in [2.24, 2.45) is 0 Å². The van der Waals surface area contributed by atoms with Gasteiger partial charge in [0.1, 0.15) is 0 Å². The average Bonchev–Trinajstić information content (AvgIpc) is 3.08. The van der Waals surface area contributed by atoms with Gasteiger partial charge in [-0.2, -0.15) is 0 Å². The summed E-state index contributed by atoms with van der Waals surface area (Å²) in [5.74, 6) is 0.0941. The van der Waals surface area contributed by atoms with E-state index < -0.39 is 0 Å². The van der Waals surface area contributed by atoms with E-state index in [1.165, 1.54) is 0 Å². The van der Waals surface area contributed by atoms with Crippen molar-refractivity contribution in [2.75, 3.05) is 37.6 Å². The first-order chi connectivity index (χ1) is 13.7. The van der Waals surface area contributed by atoms with E-state index in [0.29, 0.717) is 32.6 Å². The van der Waals surface area contributed by atoms with E-state index in [0.717, 1.165) is 24.3 Å². The first-order valence-electron chi connectivity index (χ1n) is 9.71. The number of rotatable bonds is 4. The summed E-state index contributed by atoms with van der Waals surface area (Å²) in [6, 6.07) is 13.7. The van der Waals surface area contributed by atoms with E-state index in [1.54, 1.807) is 12.4 Å². The highest BCUT2D eigenvalue weighted by Crippen LogP contribution is 2.17. The first-order valence-corrected chi connectivity index (χ1v) is 9.71. The van der Waals surface area contributed by atoms with Gasteiger partial charge in [0.15, 0.2) is 0 Å². The summed E-state index contributed by atoms with van der Waals surface area (Å²) in [6.45, 7) is 4.08. The van der Waals surface area contributed by atoms with Gasteiger partial charge < -0.3 is 20.0 Å². The molecule has 2 aromatic rings. The van der Waals surface area contributed by atoms with E-state index in [1.807, 2.05) is 52.3 Å². The SMILES string of the molecule is O=C1C[C@H](NC(=O)N2CCN(c3ccncc3)CC2)CN1Cc1ccccc1. The van der Waals surface area contributed by atoms with Crippen LogP contribution in [0.15, 0.2) is 54.9 Å². The second-order valence-electron chi connectivity index (χ2n) is 7.29. The van der Waals surface area contributed by atoms with Gasteiger partial charge in [-0.05, 0) is 17.7 Å². The molecule has 1 atom stereocenters. The van der Waals surface area contributed by atoms with Gasteiger partial charge in [0, 0.05) is 63.8 Å². The van der Waals surface area contributed by atoms with Gasteiger partial charge in [-0.1, -0.05) is 30.3 Å². The lowest BCUT2D eigenvalue weighted by molar-refractivity contribution is -0.128. The molecule has 7 nitrogen and oxygen atoms in total. The molecule has 7 heteroatoms. The predicted molar refractivity (Wildman–Crippen MR) is 107 cm³/mol. The number of urea groups is 1. The molecule has 2 aliphatic heterocycles. The number of amides is 3. The summed E-state index contributed by atoms with van der Waals surface area (Å²) in [6.07, 6.45) is 3.94. The van der Waals surface area contributed by atoms with Crippen LogP contribution in [0.1, 0.15) is 12.0 Å². The molecule has 2 saturated heterocycles. The van der Waals surface area contributed by atoms with Crippen molar-refractivity contribution in [2.45, 2.75) is 19.0 Å². The number of nitrogens with zero attached hydrogens (tertiary/aromatic N) is 4. The molecule has 0 unspecified atom stereocenters. The lowest BCUT2D eigenvalue weighted by atomic mass is 10.2. The van der Waals surface area contributed by atoms with Crippen LogP contribution in [-0.4, -0.2) is 65.5 Å². The predicted octanol–water partition coefficient (Wildman–Crippen LogP) is 1.71. The first kappa shape index (κ1) is 18.3. The lowest BCUT2D eigenvalue weighted by Gasteiger charge is -2.36. The molecule has 0 aliphatic carbocycles. The van der Waals surface area contributed by atoms with Crippen LogP contribution in [0.3, 0.4) is 0 Å². The van der Waals surface area contributed by atoms with E-state index in [4.69, 9.17) is 0 Å². The second kappa shape index (κ2) is 8.29. The summed E-state index contributed by atoms with van der Waals surface area (Å²) in [7, 11) is 0. The molecule has 146 valence electrons. The topological polar surface area (TPSA) is 68.8 Å². The molecule has 0 radical (unpaired) electrons. The molecule has 1 aromatic heterocycles. The molecular weight excluding hydrogens is 354 g/mol. The molecule has 28 heavy (non-hydrogen) atoms. The minimum Gasteiger partial charge on any atom is -0.368 e. The van der Waals surface area contributed by atoms with E-state index in [-0.39, 0.29) is 18.0 Å². The van der Waals surface area contributed by atoms with Gasteiger partial charge >= 0.3 is 6.03 Å². The largest absolute Gasteiger partial charge is 0.368 e. The van der Waals surface area contributed by atoms with E-state index >= 15 is 0 Å². The van der Waals surface area contributed by atoms with Crippen molar-refractivity contribution in [1.82, 2.24) is 20.1 Å². The van der Waals surface area contributed by atoms with Crippen molar-refractivity contribution in [3.63, 3.8) is 0 Å². The van der Waals surface area contributed by atoms with Crippen LogP contribution in [0, 0.1) is 0 Å². The molecule has 1 N–H and O–H groups in total. The number of hydrogen-bond donors (Lipinski definition) is 1. The number of hydrogen-bond acceptors (Lipinski definition) is 4. The van der Waals surface area contributed by atoms with Crippen molar-refractivity contribution in [3.8, 4) is 0 Å². The summed E-state index contributed by atoms with van der Waals surface area (Å²) >= 11 is 0. The number of piperazine rings is 1. The number of benzene rings is 1. The van der Waals surface area contributed by atoms with Crippen LogP contribution >= 0.6 is 0 Å².